The number of ether oxygens (including phenoxy) is 3. The van der Waals surface area contributed by atoms with Crippen LogP contribution in [0.4, 0.5) is 10.6 Å². The zero-order valence-electron chi connectivity index (χ0n) is 19.6. The molecule has 2 aliphatic carbocycles. The zero-order chi connectivity index (χ0) is 23.7. The number of aromatic nitrogens is 4. The number of nitrogens with zero attached hydrogens (tertiary/aromatic N) is 3. The Balaban J connectivity index is 1.08. The van der Waals surface area contributed by atoms with Crippen molar-refractivity contribution in [3.63, 3.8) is 0 Å². The number of anilines is 1. The van der Waals surface area contributed by atoms with Crippen molar-refractivity contribution in [2.45, 2.75) is 63.2 Å². The molecule has 34 heavy (non-hydrogen) atoms. The number of carbonyl (C=O) groups excluding carboxylic acids is 2. The molecule has 184 valence electrons. The Bertz CT molecular complexity index is 1030. The van der Waals surface area contributed by atoms with Crippen LogP contribution in [0.15, 0.2) is 12.1 Å². The molecule has 5 rings (SSSR count). The highest BCUT2D eigenvalue weighted by Gasteiger charge is 2.47. The monoisotopic (exact) mass is 472 g/mol. The second-order valence-electron chi connectivity index (χ2n) is 9.83. The lowest BCUT2D eigenvalue weighted by molar-refractivity contribution is 0.0463. The van der Waals surface area contributed by atoms with Gasteiger partial charge in [-0.1, -0.05) is 0 Å². The van der Waals surface area contributed by atoms with E-state index in [9.17, 15) is 9.59 Å². The van der Waals surface area contributed by atoms with Gasteiger partial charge in [0.1, 0.15) is 11.8 Å². The van der Waals surface area contributed by atoms with Crippen LogP contribution in [0.2, 0.25) is 0 Å². The highest BCUT2D eigenvalue weighted by molar-refractivity contribution is 6.02. The average molecular weight is 473 g/mol. The molecule has 2 atom stereocenters. The van der Waals surface area contributed by atoms with Gasteiger partial charge in [0.15, 0.2) is 5.82 Å². The van der Waals surface area contributed by atoms with Gasteiger partial charge in [-0.05, 0) is 50.0 Å². The molecule has 0 aromatic carbocycles. The molecular weight excluding hydrogens is 440 g/mol. The van der Waals surface area contributed by atoms with Crippen molar-refractivity contribution in [1.29, 1.82) is 0 Å². The third kappa shape index (κ3) is 4.80. The van der Waals surface area contributed by atoms with Gasteiger partial charge in [-0.25, -0.2) is 4.79 Å². The van der Waals surface area contributed by atoms with Crippen molar-refractivity contribution in [1.82, 2.24) is 25.3 Å². The minimum absolute atomic E-state index is 0.121. The highest BCUT2D eigenvalue weighted by Crippen LogP contribution is 2.47. The van der Waals surface area contributed by atoms with E-state index in [0.717, 1.165) is 57.4 Å². The van der Waals surface area contributed by atoms with Gasteiger partial charge in [0.05, 0.1) is 18.9 Å². The molecule has 3 aliphatic rings. The molecule has 3 fully saturated rings. The predicted octanol–water partition coefficient (Wildman–Crippen LogP) is 2.47. The summed E-state index contributed by atoms with van der Waals surface area (Å²) in [7, 11) is 3.30. The van der Waals surface area contributed by atoms with Crippen LogP contribution in [-0.4, -0.2) is 64.4 Å². The van der Waals surface area contributed by atoms with E-state index in [1.807, 2.05) is 6.07 Å². The number of hydrogen-bond donors (Lipinski definition) is 3. The molecular formula is C23H32N6O5. The summed E-state index contributed by atoms with van der Waals surface area (Å²) in [5.74, 6) is 0.358. The van der Waals surface area contributed by atoms with Crippen molar-refractivity contribution in [3.05, 3.63) is 29.2 Å². The molecule has 11 nitrogen and oxygen atoms in total. The minimum Gasteiger partial charge on any atom is -0.446 e. The third-order valence-electron chi connectivity index (χ3n) is 7.26. The maximum Gasteiger partial charge on any atom is 0.407 e. The van der Waals surface area contributed by atoms with Crippen LogP contribution in [0.3, 0.4) is 0 Å². The number of H-pyrrole nitrogens is 1. The van der Waals surface area contributed by atoms with E-state index in [1.165, 1.54) is 4.68 Å². The summed E-state index contributed by atoms with van der Waals surface area (Å²) >= 11 is 0. The van der Waals surface area contributed by atoms with E-state index in [2.05, 4.69) is 25.9 Å². The molecule has 2 aromatic heterocycles. The number of aromatic amines is 1. The van der Waals surface area contributed by atoms with Gasteiger partial charge in [-0.2, -0.15) is 10.2 Å². The summed E-state index contributed by atoms with van der Waals surface area (Å²) in [5, 5.41) is 17.3. The van der Waals surface area contributed by atoms with Crippen LogP contribution in [0.1, 0.15) is 66.3 Å². The second kappa shape index (κ2) is 9.38. The Morgan fingerprint density at radius 3 is 2.94 bits per heavy atom. The first-order chi connectivity index (χ1) is 16.4. The fourth-order valence-electron chi connectivity index (χ4n) is 5.49. The molecule has 11 heteroatoms. The normalized spacial score (nSPS) is 28.1. The number of methoxy groups -OCH3 is 1. The van der Waals surface area contributed by atoms with Gasteiger partial charge in [0, 0.05) is 44.5 Å². The number of alkyl carbamates (subject to hydrolysis) is 1. The van der Waals surface area contributed by atoms with Gasteiger partial charge in [0.25, 0.3) is 5.91 Å². The van der Waals surface area contributed by atoms with E-state index >= 15 is 0 Å². The van der Waals surface area contributed by atoms with Crippen LogP contribution in [0.5, 0.6) is 0 Å². The Morgan fingerprint density at radius 2 is 2.18 bits per heavy atom. The van der Waals surface area contributed by atoms with Crippen molar-refractivity contribution >= 4 is 17.8 Å². The Kier molecular flexibility index (Phi) is 6.30. The van der Waals surface area contributed by atoms with E-state index in [-0.39, 0.29) is 35.5 Å². The number of nitrogens with one attached hydrogen (secondary N) is 3. The van der Waals surface area contributed by atoms with Gasteiger partial charge in [-0.15, -0.1) is 0 Å². The summed E-state index contributed by atoms with van der Waals surface area (Å²) in [6.45, 7) is 1.99. The SMILES string of the molecule is COCc1cc(C(=O)Nc2cc([C@H]3CC[C@@H](OC(=O)NC4CC5(CCOC5)C4)C3)[nH]n2)n(C)n1. The van der Waals surface area contributed by atoms with Crippen LogP contribution >= 0.6 is 0 Å². The van der Waals surface area contributed by atoms with Crippen LogP contribution in [0.25, 0.3) is 0 Å². The lowest BCUT2D eigenvalue weighted by Gasteiger charge is -2.44. The molecule has 1 aliphatic heterocycles. The van der Waals surface area contributed by atoms with E-state index in [1.54, 1.807) is 20.2 Å². The molecule has 3 N–H and O–H groups in total. The van der Waals surface area contributed by atoms with E-state index in [0.29, 0.717) is 23.8 Å². The average Bonchev–Trinajstić information content (AvgIpc) is 3.55. The first-order valence-electron chi connectivity index (χ1n) is 11.9. The lowest BCUT2D eigenvalue weighted by atomic mass is 9.65. The van der Waals surface area contributed by atoms with Crippen molar-refractivity contribution in [2.24, 2.45) is 12.5 Å². The zero-order valence-corrected chi connectivity index (χ0v) is 19.6. The van der Waals surface area contributed by atoms with Crippen LogP contribution in [-0.2, 0) is 27.9 Å². The minimum atomic E-state index is -0.328. The standard InChI is InChI=1S/C23H32N6O5/c1-29-19(8-15(28-29)12-32-2)21(30)25-20-9-18(26-27-20)14-3-4-17(7-14)34-22(31)24-16-10-23(11-16)5-6-33-13-23/h8-9,14,16-17H,3-7,10-13H2,1-2H3,(H,24,31)(H2,25,26,27,30)/t14-,16?,17+,23?/m0/s1. The molecule has 0 unspecified atom stereocenters. The maximum absolute atomic E-state index is 12.6. The van der Waals surface area contributed by atoms with Gasteiger partial charge >= 0.3 is 6.09 Å². The summed E-state index contributed by atoms with van der Waals surface area (Å²) in [4.78, 5) is 25.0. The summed E-state index contributed by atoms with van der Waals surface area (Å²) < 4.78 is 17.8. The Morgan fingerprint density at radius 1 is 1.32 bits per heavy atom. The number of aryl methyl sites for hydroxylation is 1. The molecule has 3 heterocycles. The third-order valence-corrected chi connectivity index (χ3v) is 7.26. The van der Waals surface area contributed by atoms with Gasteiger partial charge in [0.2, 0.25) is 0 Å². The highest BCUT2D eigenvalue weighted by atomic mass is 16.6. The smallest absolute Gasteiger partial charge is 0.407 e. The molecule has 0 bridgehead atoms. The molecule has 2 amide bonds. The van der Waals surface area contributed by atoms with Crippen LogP contribution in [0, 0.1) is 5.41 Å². The van der Waals surface area contributed by atoms with Crippen molar-refractivity contribution < 1.29 is 23.8 Å². The summed E-state index contributed by atoms with van der Waals surface area (Å²) in [5.41, 5.74) is 2.32. The largest absolute Gasteiger partial charge is 0.446 e. The van der Waals surface area contributed by atoms with Crippen LogP contribution < -0.4 is 10.6 Å². The topological polar surface area (TPSA) is 132 Å². The fourth-order valence-corrected chi connectivity index (χ4v) is 5.49. The number of rotatable bonds is 7. The molecule has 2 saturated carbocycles. The lowest BCUT2D eigenvalue weighted by Crippen LogP contribution is -2.51. The van der Waals surface area contributed by atoms with E-state index in [4.69, 9.17) is 14.2 Å². The molecule has 0 radical (unpaired) electrons. The first kappa shape index (κ1) is 22.9. The molecule has 1 saturated heterocycles. The number of carbonyl (C=O) groups is 2. The van der Waals surface area contributed by atoms with Crippen molar-refractivity contribution in [2.75, 3.05) is 25.6 Å². The first-order valence-corrected chi connectivity index (χ1v) is 11.9. The van der Waals surface area contributed by atoms with Gasteiger partial charge in [-0.3, -0.25) is 14.6 Å². The second-order valence-corrected chi connectivity index (χ2v) is 9.83. The van der Waals surface area contributed by atoms with E-state index < -0.39 is 0 Å². The van der Waals surface area contributed by atoms with Crippen molar-refractivity contribution in [3.8, 4) is 0 Å². The summed E-state index contributed by atoms with van der Waals surface area (Å²) in [6.07, 6.45) is 5.02. The van der Waals surface area contributed by atoms with Gasteiger partial charge < -0.3 is 24.8 Å². The molecule has 1 spiro atoms. The molecule has 2 aromatic rings. The fraction of sp³-hybridized carbons (Fsp3) is 0.652. The Hall–Kier alpha value is -2.92. The summed E-state index contributed by atoms with van der Waals surface area (Å²) in [6, 6.07) is 3.73. The Labute approximate surface area is 197 Å². The number of hydrogen-bond acceptors (Lipinski definition) is 7. The predicted molar refractivity (Wildman–Crippen MR) is 121 cm³/mol. The maximum atomic E-state index is 12.6. The quantitative estimate of drug-likeness (QED) is 0.564. The number of amides is 2.